The number of amides is 1. The van der Waals surface area contributed by atoms with Crippen LogP contribution in [0.1, 0.15) is 54.4 Å². The first-order valence-corrected chi connectivity index (χ1v) is 9.32. The van der Waals surface area contributed by atoms with Crippen LogP contribution in [0.5, 0.6) is 0 Å². The number of aryl methyl sites for hydroxylation is 1. The molecule has 1 fully saturated rings. The minimum atomic E-state index is -4.50. The van der Waals surface area contributed by atoms with Gasteiger partial charge in [-0.05, 0) is 44.9 Å². The Bertz CT molecular complexity index is 931. The Balaban J connectivity index is 2.04. The van der Waals surface area contributed by atoms with E-state index < -0.39 is 23.1 Å². The van der Waals surface area contributed by atoms with E-state index in [4.69, 9.17) is 0 Å². The van der Waals surface area contributed by atoms with Crippen molar-refractivity contribution >= 4 is 5.91 Å². The van der Waals surface area contributed by atoms with Gasteiger partial charge in [0.1, 0.15) is 0 Å². The van der Waals surface area contributed by atoms with Gasteiger partial charge in [-0.15, -0.1) is 0 Å². The van der Waals surface area contributed by atoms with Crippen LogP contribution in [0, 0.1) is 6.92 Å². The topological polar surface area (TPSA) is 55.2 Å². The van der Waals surface area contributed by atoms with Gasteiger partial charge in [0.25, 0.3) is 5.91 Å². The van der Waals surface area contributed by atoms with E-state index in [9.17, 15) is 22.8 Å². The molecule has 150 valence electrons. The zero-order chi connectivity index (χ0) is 20.5. The second-order valence-electron chi connectivity index (χ2n) is 6.99. The fourth-order valence-corrected chi connectivity index (χ4v) is 3.69. The van der Waals surface area contributed by atoms with Crippen molar-refractivity contribution < 1.29 is 18.0 Å². The number of carbonyl (C=O) groups excluding carboxylic acids is 1. The minimum absolute atomic E-state index is 0.0713. The Kier molecular flexibility index (Phi) is 5.58. The van der Waals surface area contributed by atoms with Crippen LogP contribution in [0.15, 0.2) is 35.1 Å². The molecule has 0 N–H and O–H groups in total. The highest BCUT2D eigenvalue weighted by atomic mass is 19.4. The molecule has 0 aliphatic heterocycles. The number of hydrogen-bond acceptors (Lipinski definition) is 3. The highest BCUT2D eigenvalue weighted by Crippen LogP contribution is 2.30. The molecule has 3 rings (SSSR count). The predicted molar refractivity (Wildman–Crippen MR) is 98.5 cm³/mol. The Labute approximate surface area is 160 Å². The summed E-state index contributed by atoms with van der Waals surface area (Å²) < 4.78 is 40.3. The molecular formula is C20H22F3N3O2. The van der Waals surface area contributed by atoms with E-state index in [2.05, 4.69) is 5.10 Å². The summed E-state index contributed by atoms with van der Waals surface area (Å²) in [6.45, 7) is 3.86. The molecule has 8 heteroatoms. The molecule has 0 unspecified atom stereocenters. The summed E-state index contributed by atoms with van der Waals surface area (Å²) in [4.78, 5) is 27.0. The SMILES string of the molecule is CCN(C(=O)c1nn(-c2cccc(C(F)(F)F)c2)c(C)cc1=O)C1CCCC1. The number of benzene rings is 1. The normalized spacial score (nSPS) is 15.0. The molecule has 0 radical (unpaired) electrons. The first-order valence-electron chi connectivity index (χ1n) is 9.32. The van der Waals surface area contributed by atoms with Crippen LogP contribution in [0.2, 0.25) is 0 Å². The zero-order valence-corrected chi connectivity index (χ0v) is 15.8. The number of hydrogen-bond donors (Lipinski definition) is 0. The molecule has 1 saturated carbocycles. The van der Waals surface area contributed by atoms with Crippen molar-refractivity contribution in [3.8, 4) is 5.69 Å². The molecule has 28 heavy (non-hydrogen) atoms. The molecule has 1 amide bonds. The second kappa shape index (κ2) is 7.77. The van der Waals surface area contributed by atoms with E-state index in [1.807, 2.05) is 6.92 Å². The number of rotatable bonds is 4. The van der Waals surface area contributed by atoms with Crippen molar-refractivity contribution in [3.63, 3.8) is 0 Å². The van der Waals surface area contributed by atoms with Gasteiger partial charge in [-0.1, -0.05) is 18.9 Å². The number of halogens is 3. The molecular weight excluding hydrogens is 371 g/mol. The number of nitrogens with zero attached hydrogens (tertiary/aromatic N) is 3. The molecule has 1 heterocycles. The Morgan fingerprint density at radius 1 is 1.25 bits per heavy atom. The largest absolute Gasteiger partial charge is 0.416 e. The smallest absolute Gasteiger partial charge is 0.334 e. The Morgan fingerprint density at radius 2 is 1.93 bits per heavy atom. The van der Waals surface area contributed by atoms with Gasteiger partial charge < -0.3 is 4.90 Å². The van der Waals surface area contributed by atoms with Gasteiger partial charge in [-0.2, -0.15) is 18.3 Å². The van der Waals surface area contributed by atoms with Crippen molar-refractivity contribution in [1.29, 1.82) is 0 Å². The van der Waals surface area contributed by atoms with E-state index in [1.54, 1.807) is 11.8 Å². The van der Waals surface area contributed by atoms with Crippen molar-refractivity contribution in [2.24, 2.45) is 0 Å². The Morgan fingerprint density at radius 3 is 2.54 bits per heavy atom. The highest BCUT2D eigenvalue weighted by Gasteiger charge is 2.31. The second-order valence-corrected chi connectivity index (χ2v) is 6.99. The molecule has 1 aliphatic carbocycles. The van der Waals surface area contributed by atoms with Crippen molar-refractivity contribution in [2.75, 3.05) is 6.54 Å². The lowest BCUT2D eigenvalue weighted by Crippen LogP contribution is -2.41. The van der Waals surface area contributed by atoms with Gasteiger partial charge in [-0.25, -0.2) is 4.68 Å². The molecule has 2 aromatic rings. The molecule has 5 nitrogen and oxygen atoms in total. The highest BCUT2D eigenvalue weighted by molar-refractivity contribution is 5.92. The van der Waals surface area contributed by atoms with E-state index in [-0.39, 0.29) is 17.4 Å². The molecule has 1 aromatic heterocycles. The van der Waals surface area contributed by atoms with Crippen LogP contribution in [-0.2, 0) is 6.18 Å². The van der Waals surface area contributed by atoms with Crippen LogP contribution in [0.3, 0.4) is 0 Å². The van der Waals surface area contributed by atoms with Crippen molar-refractivity contribution in [1.82, 2.24) is 14.7 Å². The summed E-state index contributed by atoms with van der Waals surface area (Å²) in [5.74, 6) is -0.472. The zero-order valence-electron chi connectivity index (χ0n) is 15.8. The fraction of sp³-hybridized carbons (Fsp3) is 0.450. The lowest BCUT2D eigenvalue weighted by molar-refractivity contribution is -0.137. The summed E-state index contributed by atoms with van der Waals surface area (Å²) in [5, 5.41) is 4.15. The average molecular weight is 393 g/mol. The average Bonchev–Trinajstić information content (AvgIpc) is 3.16. The molecule has 0 saturated heterocycles. The van der Waals surface area contributed by atoms with Gasteiger partial charge in [0.15, 0.2) is 5.69 Å². The summed E-state index contributed by atoms with van der Waals surface area (Å²) in [6.07, 6.45) is -0.669. The van der Waals surface area contributed by atoms with E-state index in [0.29, 0.717) is 12.2 Å². The summed E-state index contributed by atoms with van der Waals surface area (Å²) >= 11 is 0. The Hall–Kier alpha value is -2.64. The van der Waals surface area contributed by atoms with Crippen molar-refractivity contribution in [2.45, 2.75) is 51.7 Å². The van der Waals surface area contributed by atoms with Gasteiger partial charge in [0, 0.05) is 24.3 Å². The maximum Gasteiger partial charge on any atom is 0.416 e. The molecule has 0 atom stereocenters. The van der Waals surface area contributed by atoms with Crippen LogP contribution in [-0.4, -0.2) is 33.2 Å². The van der Waals surface area contributed by atoms with Gasteiger partial charge in [-0.3, -0.25) is 9.59 Å². The van der Waals surface area contributed by atoms with E-state index in [1.165, 1.54) is 22.9 Å². The monoisotopic (exact) mass is 393 g/mol. The maximum absolute atomic E-state index is 13.0. The van der Waals surface area contributed by atoms with Crippen LogP contribution in [0.25, 0.3) is 5.69 Å². The summed E-state index contributed by atoms with van der Waals surface area (Å²) in [7, 11) is 0. The minimum Gasteiger partial charge on any atom is -0.334 e. The van der Waals surface area contributed by atoms with Gasteiger partial charge >= 0.3 is 6.18 Å². The molecule has 1 aliphatic rings. The summed E-state index contributed by atoms with van der Waals surface area (Å²) in [6, 6.07) is 5.96. The molecule has 0 spiro atoms. The number of alkyl halides is 3. The first-order chi connectivity index (χ1) is 13.2. The predicted octanol–water partition coefficient (Wildman–Crippen LogP) is 3.96. The summed E-state index contributed by atoms with van der Waals surface area (Å²) in [5.41, 5.74) is -1.12. The maximum atomic E-state index is 13.0. The number of carbonyl (C=O) groups is 1. The van der Waals surface area contributed by atoms with Crippen LogP contribution >= 0.6 is 0 Å². The van der Waals surface area contributed by atoms with Gasteiger partial charge in [0.2, 0.25) is 5.43 Å². The lowest BCUT2D eigenvalue weighted by Gasteiger charge is -2.27. The standard InChI is InChI=1S/C20H22F3N3O2/c1-3-25(15-8-4-5-9-15)19(28)18-17(27)11-13(2)26(24-18)16-10-6-7-14(12-16)20(21,22)23/h6-7,10-12,15H,3-5,8-9H2,1-2H3. The number of aromatic nitrogens is 2. The van der Waals surface area contributed by atoms with Crippen LogP contribution < -0.4 is 5.43 Å². The quantitative estimate of drug-likeness (QED) is 0.790. The van der Waals surface area contributed by atoms with E-state index >= 15 is 0 Å². The molecule has 0 bridgehead atoms. The van der Waals surface area contributed by atoms with E-state index in [0.717, 1.165) is 37.8 Å². The third kappa shape index (κ3) is 3.95. The molecule has 1 aromatic carbocycles. The third-order valence-corrected chi connectivity index (χ3v) is 5.10. The fourth-order valence-electron chi connectivity index (χ4n) is 3.69. The van der Waals surface area contributed by atoms with Crippen molar-refractivity contribution in [3.05, 3.63) is 57.5 Å². The lowest BCUT2D eigenvalue weighted by atomic mass is 10.1. The first kappa shape index (κ1) is 20.1. The van der Waals surface area contributed by atoms with Crippen LogP contribution in [0.4, 0.5) is 13.2 Å². The van der Waals surface area contributed by atoms with Gasteiger partial charge in [0.05, 0.1) is 11.3 Å². The third-order valence-electron chi connectivity index (χ3n) is 5.10.